The van der Waals surface area contributed by atoms with Gasteiger partial charge in [0.15, 0.2) is 11.0 Å². The van der Waals surface area contributed by atoms with Crippen LogP contribution in [0.4, 0.5) is 5.69 Å². The van der Waals surface area contributed by atoms with Gasteiger partial charge in [-0.05, 0) is 56.4 Å². The highest BCUT2D eigenvalue weighted by molar-refractivity contribution is 7.98. The molecule has 0 aliphatic rings. The normalized spacial score (nSPS) is 10.8. The van der Waals surface area contributed by atoms with E-state index in [-0.39, 0.29) is 11.7 Å². The minimum absolute atomic E-state index is 0.0964. The summed E-state index contributed by atoms with van der Waals surface area (Å²) < 4.78 is 1.68. The Morgan fingerprint density at radius 3 is 2.31 bits per heavy atom. The van der Waals surface area contributed by atoms with Crippen molar-refractivity contribution in [3.8, 4) is 0 Å². The van der Waals surface area contributed by atoms with E-state index in [1.165, 1.54) is 11.8 Å². The minimum atomic E-state index is -0.157. The van der Waals surface area contributed by atoms with E-state index in [2.05, 4.69) is 20.3 Å². The Labute approximate surface area is 174 Å². The number of aromatic nitrogens is 4. The third kappa shape index (κ3) is 4.89. The Morgan fingerprint density at radius 1 is 1.10 bits per heavy atom. The molecule has 8 heteroatoms. The third-order valence-electron chi connectivity index (χ3n) is 4.64. The van der Waals surface area contributed by atoms with Gasteiger partial charge in [-0.15, -0.1) is 0 Å². The number of ketones is 1. The van der Waals surface area contributed by atoms with Gasteiger partial charge < -0.3 is 9.88 Å². The summed E-state index contributed by atoms with van der Waals surface area (Å²) in [5.74, 6) is 0.123. The third-order valence-corrected chi connectivity index (χ3v) is 5.19. The summed E-state index contributed by atoms with van der Waals surface area (Å²) >= 11 is 1.50. The molecule has 0 aliphatic carbocycles. The Kier molecular flexibility index (Phi) is 6.43. The molecule has 150 valence electrons. The number of hydrogen-bond donors (Lipinski definition) is 1. The van der Waals surface area contributed by atoms with Crippen molar-refractivity contribution in [1.29, 1.82) is 0 Å². The van der Waals surface area contributed by atoms with Gasteiger partial charge >= 0.3 is 0 Å². The molecule has 2 aromatic heterocycles. The molecule has 1 N–H and O–H groups in total. The molecular formula is C21H23N5O2S. The summed E-state index contributed by atoms with van der Waals surface area (Å²) in [6.07, 6.45) is 6.16. The second-order valence-corrected chi connectivity index (χ2v) is 7.45. The number of rotatable bonds is 7. The number of amides is 1. The quantitative estimate of drug-likeness (QED) is 0.366. The molecule has 0 atom stereocenters. The van der Waals surface area contributed by atoms with Crippen molar-refractivity contribution in [1.82, 2.24) is 19.5 Å². The number of carbonyl (C=O) groups excluding carboxylic acids is 2. The number of nitrogens with zero attached hydrogens (tertiary/aromatic N) is 4. The maximum absolute atomic E-state index is 12.4. The fraction of sp³-hybridized carbons (Fsp3) is 0.286. The molecule has 0 fully saturated rings. The molecule has 0 unspecified atom stereocenters. The highest BCUT2D eigenvalue weighted by Gasteiger charge is 2.14. The van der Waals surface area contributed by atoms with Crippen LogP contribution in [0, 0.1) is 13.8 Å². The summed E-state index contributed by atoms with van der Waals surface area (Å²) in [6, 6.07) is 6.83. The van der Waals surface area contributed by atoms with E-state index < -0.39 is 0 Å². The summed E-state index contributed by atoms with van der Waals surface area (Å²) in [6.45, 7) is 3.89. The highest BCUT2D eigenvalue weighted by atomic mass is 32.2. The number of carbonyl (C=O) groups is 2. The summed E-state index contributed by atoms with van der Waals surface area (Å²) in [4.78, 5) is 37.8. The van der Waals surface area contributed by atoms with Crippen LogP contribution in [0.1, 0.15) is 39.6 Å². The zero-order valence-corrected chi connectivity index (χ0v) is 17.7. The first-order valence-electron chi connectivity index (χ1n) is 9.19. The van der Waals surface area contributed by atoms with Crippen molar-refractivity contribution < 1.29 is 9.59 Å². The minimum Gasteiger partial charge on any atom is -0.331 e. The van der Waals surface area contributed by atoms with Crippen molar-refractivity contribution in [3.63, 3.8) is 0 Å². The van der Waals surface area contributed by atoms with Gasteiger partial charge in [0, 0.05) is 48.5 Å². The van der Waals surface area contributed by atoms with Gasteiger partial charge in [0.2, 0.25) is 11.7 Å². The van der Waals surface area contributed by atoms with Gasteiger partial charge in [0.1, 0.15) is 0 Å². The maximum Gasteiger partial charge on any atom is 0.228 e. The predicted molar refractivity (Wildman–Crippen MR) is 113 cm³/mol. The lowest BCUT2D eigenvalue weighted by Crippen LogP contribution is -2.14. The zero-order chi connectivity index (χ0) is 21.0. The van der Waals surface area contributed by atoms with E-state index in [1.807, 2.05) is 20.1 Å². The molecule has 1 amide bonds. The Hall–Kier alpha value is -3.00. The van der Waals surface area contributed by atoms with Crippen molar-refractivity contribution in [2.45, 2.75) is 31.8 Å². The van der Waals surface area contributed by atoms with E-state index in [0.717, 1.165) is 22.1 Å². The topological polar surface area (TPSA) is 89.8 Å². The fourth-order valence-electron chi connectivity index (χ4n) is 3.04. The highest BCUT2D eigenvalue weighted by Crippen LogP contribution is 2.18. The van der Waals surface area contributed by atoms with Crippen LogP contribution in [0.2, 0.25) is 0 Å². The van der Waals surface area contributed by atoms with E-state index in [4.69, 9.17) is 0 Å². The molecular weight excluding hydrogens is 386 g/mol. The maximum atomic E-state index is 12.4. The molecule has 0 spiro atoms. The summed E-state index contributed by atoms with van der Waals surface area (Å²) in [5, 5.41) is 3.61. The average molecular weight is 410 g/mol. The number of hydrogen-bond acceptors (Lipinski definition) is 6. The first-order chi connectivity index (χ1) is 13.9. The molecule has 1 aromatic carbocycles. The van der Waals surface area contributed by atoms with Gasteiger partial charge in [0.05, 0.1) is 0 Å². The smallest absolute Gasteiger partial charge is 0.228 e. The Balaban J connectivity index is 1.60. The number of anilines is 1. The molecule has 3 rings (SSSR count). The molecule has 0 aliphatic heterocycles. The molecule has 0 saturated carbocycles. The lowest BCUT2D eigenvalue weighted by Gasteiger charge is -2.10. The second kappa shape index (κ2) is 9.00. The number of benzene rings is 1. The lowest BCUT2D eigenvalue weighted by atomic mass is 10.1. The molecule has 7 nitrogen and oxygen atoms in total. The van der Waals surface area contributed by atoms with Crippen LogP contribution in [-0.4, -0.2) is 37.5 Å². The van der Waals surface area contributed by atoms with Gasteiger partial charge in [-0.3, -0.25) is 9.59 Å². The fourth-order valence-corrected chi connectivity index (χ4v) is 3.50. The molecule has 0 radical (unpaired) electrons. The van der Waals surface area contributed by atoms with Crippen LogP contribution >= 0.6 is 11.8 Å². The van der Waals surface area contributed by atoms with Crippen molar-refractivity contribution in [3.05, 3.63) is 65.0 Å². The largest absolute Gasteiger partial charge is 0.331 e. The van der Waals surface area contributed by atoms with Crippen molar-refractivity contribution in [2.24, 2.45) is 7.05 Å². The zero-order valence-electron chi connectivity index (χ0n) is 16.9. The lowest BCUT2D eigenvalue weighted by molar-refractivity contribution is -0.116. The Bertz CT molecular complexity index is 1020. The summed E-state index contributed by atoms with van der Waals surface area (Å²) in [5.41, 5.74) is 4.00. The van der Waals surface area contributed by atoms with Gasteiger partial charge in [-0.25, -0.2) is 15.0 Å². The van der Waals surface area contributed by atoms with Crippen LogP contribution < -0.4 is 5.32 Å². The average Bonchev–Trinajstić information content (AvgIpc) is 3.13. The predicted octanol–water partition coefficient (Wildman–Crippen LogP) is 3.35. The van der Waals surface area contributed by atoms with E-state index in [0.29, 0.717) is 29.9 Å². The SMILES string of the molecule is CSc1nc(C)c(CCC(=O)Nc2ccc(C(=O)c3nccn3C)cc2)c(C)n1. The number of thioether (sulfide) groups is 1. The Morgan fingerprint density at radius 2 is 1.76 bits per heavy atom. The van der Waals surface area contributed by atoms with Crippen molar-refractivity contribution in [2.75, 3.05) is 11.6 Å². The standard InChI is InChI=1S/C21H23N5O2S/c1-13-17(14(2)24-21(23-13)29-4)9-10-18(27)25-16-7-5-15(6-8-16)19(28)20-22-11-12-26(20)3/h5-8,11-12H,9-10H2,1-4H3,(H,25,27). The van der Waals surface area contributed by atoms with E-state index in [1.54, 1.807) is 48.3 Å². The van der Waals surface area contributed by atoms with Crippen LogP contribution in [0.5, 0.6) is 0 Å². The molecule has 0 bridgehead atoms. The first kappa shape index (κ1) is 20.7. The van der Waals surface area contributed by atoms with E-state index in [9.17, 15) is 9.59 Å². The van der Waals surface area contributed by atoms with Gasteiger partial charge in [-0.1, -0.05) is 11.8 Å². The van der Waals surface area contributed by atoms with Crippen molar-refractivity contribution >= 4 is 29.1 Å². The molecule has 2 heterocycles. The molecule has 29 heavy (non-hydrogen) atoms. The van der Waals surface area contributed by atoms with Gasteiger partial charge in [-0.2, -0.15) is 0 Å². The number of imidazole rings is 1. The van der Waals surface area contributed by atoms with Gasteiger partial charge in [0.25, 0.3) is 0 Å². The van der Waals surface area contributed by atoms with Crippen LogP contribution in [-0.2, 0) is 18.3 Å². The van der Waals surface area contributed by atoms with Crippen LogP contribution in [0.15, 0.2) is 41.8 Å². The molecule has 0 saturated heterocycles. The summed E-state index contributed by atoms with van der Waals surface area (Å²) in [7, 11) is 1.78. The monoisotopic (exact) mass is 409 g/mol. The number of nitrogens with one attached hydrogen (secondary N) is 1. The van der Waals surface area contributed by atoms with Crippen LogP contribution in [0.3, 0.4) is 0 Å². The first-order valence-corrected chi connectivity index (χ1v) is 10.4. The van der Waals surface area contributed by atoms with E-state index >= 15 is 0 Å². The second-order valence-electron chi connectivity index (χ2n) is 6.68. The van der Waals surface area contributed by atoms with Crippen LogP contribution in [0.25, 0.3) is 0 Å². The molecule has 3 aromatic rings. The number of aryl methyl sites for hydroxylation is 3.